The topological polar surface area (TPSA) is 64.7 Å². The van der Waals surface area contributed by atoms with Crippen LogP contribution in [0.5, 0.6) is 0 Å². The number of alkyl halides is 6. The van der Waals surface area contributed by atoms with Crippen molar-refractivity contribution in [3.8, 4) is 0 Å². The zero-order valence-electron chi connectivity index (χ0n) is 14.5. The maximum atomic E-state index is 13.4. The Hall–Kier alpha value is -3.44. The van der Waals surface area contributed by atoms with E-state index in [-0.39, 0.29) is 6.07 Å². The summed E-state index contributed by atoms with van der Waals surface area (Å²) >= 11 is 0. The number of amidine groups is 1. The van der Waals surface area contributed by atoms with Crippen molar-refractivity contribution >= 4 is 17.9 Å². The Morgan fingerprint density at radius 3 is 1.90 bits per heavy atom. The van der Waals surface area contributed by atoms with Crippen LogP contribution in [0.3, 0.4) is 0 Å². The molecule has 2 aromatic carbocycles. The fraction of sp³-hybridized carbons (Fsp3) is 0.111. The van der Waals surface area contributed by atoms with Crippen LogP contribution in [-0.4, -0.2) is 11.8 Å². The van der Waals surface area contributed by atoms with Gasteiger partial charge in [-0.15, -0.1) is 0 Å². The van der Waals surface area contributed by atoms with Gasteiger partial charge in [0.15, 0.2) is 5.84 Å². The third-order valence-corrected chi connectivity index (χ3v) is 3.46. The van der Waals surface area contributed by atoms with Gasteiger partial charge >= 0.3 is 18.3 Å². The highest BCUT2D eigenvalue weighted by atomic mass is 19.4. The van der Waals surface area contributed by atoms with E-state index in [0.29, 0.717) is 12.1 Å². The van der Waals surface area contributed by atoms with Crippen LogP contribution < -0.4 is 5.73 Å². The molecule has 2 rings (SSSR count). The molecule has 160 valence electrons. The Balaban J connectivity index is 2.25. The quantitative estimate of drug-likeness (QED) is 0.236. The Kier molecular flexibility index (Phi) is 6.48. The molecule has 0 aliphatic heterocycles. The monoisotopic (exact) mass is 438 g/mol. The van der Waals surface area contributed by atoms with Crippen LogP contribution >= 0.6 is 0 Å². The number of halogens is 8. The molecule has 0 atom stereocenters. The number of oxime groups is 1. The van der Waals surface area contributed by atoms with Gasteiger partial charge in [0.1, 0.15) is 17.2 Å². The lowest BCUT2D eigenvalue weighted by Gasteiger charge is -2.12. The molecule has 0 saturated carbocycles. The molecule has 0 aromatic heterocycles. The number of nitrogens with two attached hydrogens (primary N) is 1. The van der Waals surface area contributed by atoms with Crippen LogP contribution in [0.2, 0.25) is 0 Å². The van der Waals surface area contributed by atoms with Crippen molar-refractivity contribution in [3.05, 3.63) is 76.4 Å². The maximum Gasteiger partial charge on any atom is 0.416 e. The second-order valence-electron chi connectivity index (χ2n) is 5.66. The summed E-state index contributed by atoms with van der Waals surface area (Å²) in [7, 11) is 0. The van der Waals surface area contributed by atoms with Crippen LogP contribution in [0.15, 0.2) is 47.6 Å². The van der Waals surface area contributed by atoms with Crippen molar-refractivity contribution in [2.75, 3.05) is 0 Å². The molecular weight excluding hydrogens is 428 g/mol. The van der Waals surface area contributed by atoms with E-state index in [4.69, 9.17) is 5.73 Å². The molecule has 0 bridgehead atoms. The number of benzene rings is 2. The zero-order chi connectivity index (χ0) is 22.7. The van der Waals surface area contributed by atoms with Crippen molar-refractivity contribution < 1.29 is 44.8 Å². The van der Waals surface area contributed by atoms with E-state index in [2.05, 4.69) is 9.99 Å². The molecule has 0 saturated heterocycles. The van der Waals surface area contributed by atoms with Gasteiger partial charge < -0.3 is 10.6 Å². The van der Waals surface area contributed by atoms with Crippen LogP contribution in [-0.2, 0) is 17.2 Å². The number of carbonyl (C=O) groups excluding carboxylic acids is 1. The van der Waals surface area contributed by atoms with Crippen molar-refractivity contribution in [1.82, 2.24) is 0 Å². The van der Waals surface area contributed by atoms with Crippen molar-refractivity contribution in [2.24, 2.45) is 10.9 Å². The zero-order valence-corrected chi connectivity index (χ0v) is 14.5. The van der Waals surface area contributed by atoms with Gasteiger partial charge in [-0.1, -0.05) is 17.3 Å². The lowest BCUT2D eigenvalue weighted by Crippen LogP contribution is -2.13. The SMILES string of the molecule is NC(/C=C/c1cc(C(F)(F)F)cc(C(F)(F)F)c1)=N\OC(=O)c1c(F)cccc1F. The molecule has 0 aliphatic carbocycles. The molecule has 30 heavy (non-hydrogen) atoms. The Morgan fingerprint density at radius 1 is 0.933 bits per heavy atom. The molecule has 2 N–H and O–H groups in total. The summed E-state index contributed by atoms with van der Waals surface area (Å²) in [5.41, 5.74) is 0.641. The third kappa shape index (κ3) is 5.78. The number of hydrogen-bond acceptors (Lipinski definition) is 3. The van der Waals surface area contributed by atoms with Gasteiger partial charge in [-0.2, -0.15) is 26.3 Å². The summed E-state index contributed by atoms with van der Waals surface area (Å²) in [5, 5.41) is 3.02. The van der Waals surface area contributed by atoms with Crippen molar-refractivity contribution in [1.29, 1.82) is 0 Å². The molecule has 0 radical (unpaired) electrons. The van der Waals surface area contributed by atoms with Gasteiger partial charge in [-0.3, -0.25) is 0 Å². The standard InChI is InChI=1S/C18H10F8N2O2/c19-12-2-1-3-13(20)15(12)16(29)30-28-14(27)5-4-9-6-10(17(21,22)23)8-11(7-9)18(24,25)26/h1-8H,(H2,27,28)/b5-4+. The summed E-state index contributed by atoms with van der Waals surface area (Å²) in [6.07, 6.45) is -8.59. The molecule has 2 aromatic rings. The smallest absolute Gasteiger partial charge is 0.381 e. The minimum absolute atomic E-state index is 0.0560. The minimum Gasteiger partial charge on any atom is -0.381 e. The van der Waals surface area contributed by atoms with Gasteiger partial charge in [0.2, 0.25) is 0 Å². The van der Waals surface area contributed by atoms with Crippen molar-refractivity contribution in [2.45, 2.75) is 12.4 Å². The largest absolute Gasteiger partial charge is 0.416 e. The number of hydrogen-bond donors (Lipinski definition) is 1. The first-order valence-electron chi connectivity index (χ1n) is 7.75. The van der Waals surface area contributed by atoms with Gasteiger partial charge in [0.05, 0.1) is 11.1 Å². The van der Waals surface area contributed by atoms with Gasteiger partial charge in [-0.25, -0.2) is 13.6 Å². The average molecular weight is 438 g/mol. The second-order valence-corrected chi connectivity index (χ2v) is 5.66. The molecule has 12 heteroatoms. The van der Waals surface area contributed by atoms with Crippen LogP contribution in [0.25, 0.3) is 6.08 Å². The number of nitrogens with zero attached hydrogens (tertiary/aromatic N) is 1. The summed E-state index contributed by atoms with van der Waals surface area (Å²) in [6, 6.07) is 3.35. The Morgan fingerprint density at radius 2 is 1.43 bits per heavy atom. The Labute approximate surface area is 163 Å². The van der Waals surface area contributed by atoms with E-state index >= 15 is 0 Å². The molecule has 0 spiro atoms. The normalized spacial score (nSPS) is 13.0. The lowest BCUT2D eigenvalue weighted by atomic mass is 10.0. The minimum atomic E-state index is -5.04. The fourth-order valence-electron chi connectivity index (χ4n) is 2.12. The average Bonchev–Trinajstić information content (AvgIpc) is 2.63. The van der Waals surface area contributed by atoms with E-state index in [9.17, 15) is 39.9 Å². The highest BCUT2D eigenvalue weighted by Crippen LogP contribution is 2.36. The highest BCUT2D eigenvalue weighted by Gasteiger charge is 2.36. The highest BCUT2D eigenvalue weighted by molar-refractivity contribution is 5.96. The maximum absolute atomic E-state index is 13.4. The molecule has 0 heterocycles. The van der Waals surface area contributed by atoms with Gasteiger partial charge in [-0.05, 0) is 42.0 Å². The van der Waals surface area contributed by atoms with E-state index in [1.807, 2.05) is 0 Å². The van der Waals surface area contributed by atoms with Crippen LogP contribution in [0.1, 0.15) is 27.0 Å². The molecule has 0 aliphatic rings. The molecular formula is C18H10F8N2O2. The van der Waals surface area contributed by atoms with Crippen LogP contribution in [0.4, 0.5) is 35.1 Å². The molecule has 4 nitrogen and oxygen atoms in total. The van der Waals surface area contributed by atoms with Crippen molar-refractivity contribution in [3.63, 3.8) is 0 Å². The predicted molar refractivity (Wildman–Crippen MR) is 88.9 cm³/mol. The molecule has 0 fully saturated rings. The third-order valence-electron chi connectivity index (χ3n) is 3.46. The van der Waals surface area contributed by atoms with Gasteiger partial charge in [0.25, 0.3) is 0 Å². The van der Waals surface area contributed by atoms with E-state index in [1.165, 1.54) is 0 Å². The number of carbonyl (C=O) groups is 1. The molecule has 0 unspecified atom stereocenters. The second kappa shape index (κ2) is 8.51. The van der Waals surface area contributed by atoms with Crippen LogP contribution in [0, 0.1) is 11.6 Å². The predicted octanol–water partition coefficient (Wildman–Crippen LogP) is 5.14. The van der Waals surface area contributed by atoms with Gasteiger partial charge in [0, 0.05) is 0 Å². The summed E-state index contributed by atoms with van der Waals surface area (Å²) in [5.74, 6) is -4.72. The van der Waals surface area contributed by atoms with E-state index < -0.39 is 58.0 Å². The lowest BCUT2D eigenvalue weighted by molar-refractivity contribution is -0.143. The first-order chi connectivity index (χ1) is 13.8. The number of rotatable bonds is 4. The first kappa shape index (κ1) is 22.8. The van der Waals surface area contributed by atoms with E-state index in [0.717, 1.165) is 30.4 Å². The summed E-state index contributed by atoms with van der Waals surface area (Å²) < 4.78 is 104. The first-order valence-corrected chi connectivity index (χ1v) is 7.75. The molecule has 0 amide bonds. The summed E-state index contributed by atoms with van der Waals surface area (Å²) in [4.78, 5) is 15.9. The fourth-order valence-corrected chi connectivity index (χ4v) is 2.12. The van der Waals surface area contributed by atoms with E-state index in [1.54, 1.807) is 0 Å². The summed E-state index contributed by atoms with van der Waals surface area (Å²) in [6.45, 7) is 0. The Bertz CT molecular complexity index is 958.